The summed E-state index contributed by atoms with van der Waals surface area (Å²) in [6, 6.07) is 0. The molecule has 16 heavy (non-hydrogen) atoms. The van der Waals surface area contributed by atoms with Crippen LogP contribution in [0.5, 0.6) is 0 Å². The number of nitrogens with one attached hydrogen (secondary N) is 1. The summed E-state index contributed by atoms with van der Waals surface area (Å²) in [6.07, 6.45) is 13.3. The molecule has 0 bridgehead atoms. The minimum Gasteiger partial charge on any atom is -0.316 e. The zero-order chi connectivity index (χ0) is 11.2. The molecule has 0 heterocycles. The zero-order valence-electron chi connectivity index (χ0n) is 11.0. The molecule has 0 spiro atoms. The zero-order valence-corrected chi connectivity index (χ0v) is 11.0. The van der Waals surface area contributed by atoms with Gasteiger partial charge in [-0.25, -0.2) is 0 Å². The number of unbranched alkanes of at least 4 members (excludes halogenated alkanes) is 1. The van der Waals surface area contributed by atoms with Gasteiger partial charge in [-0.15, -0.1) is 0 Å². The predicted octanol–water partition coefficient (Wildman–Crippen LogP) is 3.98. The first-order chi connectivity index (χ1) is 7.88. The third-order valence-electron chi connectivity index (χ3n) is 4.50. The van der Waals surface area contributed by atoms with Gasteiger partial charge >= 0.3 is 0 Å². The van der Waals surface area contributed by atoms with Gasteiger partial charge in [-0.3, -0.25) is 0 Å². The van der Waals surface area contributed by atoms with Gasteiger partial charge < -0.3 is 5.32 Å². The maximum atomic E-state index is 3.68. The van der Waals surface area contributed by atoms with Gasteiger partial charge in [0, 0.05) is 0 Å². The summed E-state index contributed by atoms with van der Waals surface area (Å²) in [5, 5.41) is 3.68. The molecule has 2 rings (SSSR count). The van der Waals surface area contributed by atoms with E-state index in [1.165, 1.54) is 70.9 Å². The van der Waals surface area contributed by atoms with Crippen molar-refractivity contribution >= 4 is 0 Å². The monoisotopic (exact) mass is 223 g/mol. The Morgan fingerprint density at radius 2 is 1.31 bits per heavy atom. The molecular formula is C15H29N. The molecule has 0 radical (unpaired) electrons. The Kier molecular flexibility index (Phi) is 5.15. The molecule has 0 aromatic carbocycles. The Hall–Kier alpha value is -0.0400. The summed E-state index contributed by atoms with van der Waals surface area (Å²) in [6.45, 7) is 4.92. The Morgan fingerprint density at radius 1 is 0.812 bits per heavy atom. The summed E-state index contributed by atoms with van der Waals surface area (Å²) >= 11 is 0. The van der Waals surface area contributed by atoms with Gasteiger partial charge in [-0.2, -0.15) is 0 Å². The van der Waals surface area contributed by atoms with E-state index >= 15 is 0 Å². The van der Waals surface area contributed by atoms with Gasteiger partial charge in [0.1, 0.15) is 0 Å². The van der Waals surface area contributed by atoms with Crippen molar-refractivity contribution in [3.63, 3.8) is 0 Å². The van der Waals surface area contributed by atoms with Crippen LogP contribution in [-0.2, 0) is 0 Å². The van der Waals surface area contributed by atoms with Gasteiger partial charge in [-0.05, 0) is 56.5 Å². The highest BCUT2D eigenvalue weighted by Gasteiger charge is 2.23. The van der Waals surface area contributed by atoms with Crippen molar-refractivity contribution in [1.29, 1.82) is 0 Å². The smallest absolute Gasteiger partial charge is 0.00204 e. The molecule has 0 atom stereocenters. The van der Waals surface area contributed by atoms with Gasteiger partial charge in [0.05, 0.1) is 0 Å². The van der Waals surface area contributed by atoms with E-state index in [4.69, 9.17) is 0 Å². The molecule has 2 aliphatic rings. The number of hydrogen-bond donors (Lipinski definition) is 1. The van der Waals surface area contributed by atoms with E-state index in [0.717, 1.165) is 17.8 Å². The third kappa shape index (κ3) is 4.45. The van der Waals surface area contributed by atoms with E-state index in [9.17, 15) is 0 Å². The van der Waals surface area contributed by atoms with Crippen LogP contribution in [0, 0.1) is 17.8 Å². The average Bonchev–Trinajstić information content (AvgIpc) is 3.12. The molecule has 94 valence electrons. The summed E-state index contributed by atoms with van der Waals surface area (Å²) in [5.74, 6) is 3.11. The molecule has 2 saturated carbocycles. The molecule has 0 unspecified atom stereocenters. The predicted molar refractivity (Wildman–Crippen MR) is 70.6 cm³/mol. The highest BCUT2D eigenvalue weighted by atomic mass is 14.9. The molecule has 1 heteroatoms. The van der Waals surface area contributed by atoms with Crippen LogP contribution in [0.25, 0.3) is 0 Å². The van der Waals surface area contributed by atoms with E-state index < -0.39 is 0 Å². The van der Waals surface area contributed by atoms with Crippen LogP contribution in [0.2, 0.25) is 0 Å². The Bertz CT molecular complexity index is 178. The van der Waals surface area contributed by atoms with Crippen molar-refractivity contribution in [3.8, 4) is 0 Å². The van der Waals surface area contributed by atoms with Crippen molar-refractivity contribution in [3.05, 3.63) is 0 Å². The fraction of sp³-hybridized carbons (Fsp3) is 1.00. The van der Waals surface area contributed by atoms with Crippen LogP contribution in [0.3, 0.4) is 0 Å². The standard InChI is InChI=1S/C15H29N/c1-2-3-4-13-5-7-14(8-6-13)11-16-12-15-9-10-15/h13-16H,2-12H2,1H3. The lowest BCUT2D eigenvalue weighted by Crippen LogP contribution is -2.27. The Balaban J connectivity index is 1.50. The van der Waals surface area contributed by atoms with Gasteiger partial charge in [0.15, 0.2) is 0 Å². The lowest BCUT2D eigenvalue weighted by atomic mass is 9.80. The minimum absolute atomic E-state index is 0.997. The van der Waals surface area contributed by atoms with Crippen LogP contribution < -0.4 is 5.32 Å². The maximum absolute atomic E-state index is 3.68. The molecule has 2 aliphatic carbocycles. The summed E-state index contributed by atoms with van der Waals surface area (Å²) in [5.41, 5.74) is 0. The molecule has 2 fully saturated rings. The fourth-order valence-electron chi connectivity index (χ4n) is 3.03. The van der Waals surface area contributed by atoms with E-state index in [2.05, 4.69) is 12.2 Å². The lowest BCUT2D eigenvalue weighted by Gasteiger charge is -2.28. The molecule has 0 saturated heterocycles. The second-order valence-corrected chi connectivity index (χ2v) is 6.13. The first kappa shape index (κ1) is 12.4. The molecule has 0 aliphatic heterocycles. The van der Waals surface area contributed by atoms with E-state index in [1.807, 2.05) is 0 Å². The van der Waals surface area contributed by atoms with Gasteiger partial charge in [0.25, 0.3) is 0 Å². The van der Waals surface area contributed by atoms with Crippen LogP contribution in [0.1, 0.15) is 64.7 Å². The first-order valence-corrected chi connectivity index (χ1v) is 7.59. The minimum atomic E-state index is 0.997. The maximum Gasteiger partial charge on any atom is -0.00204 e. The van der Waals surface area contributed by atoms with Crippen molar-refractivity contribution in [2.75, 3.05) is 13.1 Å². The van der Waals surface area contributed by atoms with Crippen molar-refractivity contribution in [2.24, 2.45) is 17.8 Å². The summed E-state index contributed by atoms with van der Waals surface area (Å²) in [7, 11) is 0. The molecule has 0 amide bonds. The highest BCUT2D eigenvalue weighted by Crippen LogP contribution is 2.32. The number of hydrogen-bond acceptors (Lipinski definition) is 1. The second kappa shape index (κ2) is 6.64. The molecule has 1 N–H and O–H groups in total. The SMILES string of the molecule is CCCCC1CCC(CNCC2CC2)CC1. The first-order valence-electron chi connectivity index (χ1n) is 7.59. The van der Waals surface area contributed by atoms with Crippen LogP contribution >= 0.6 is 0 Å². The summed E-state index contributed by atoms with van der Waals surface area (Å²) in [4.78, 5) is 0. The third-order valence-corrected chi connectivity index (χ3v) is 4.50. The van der Waals surface area contributed by atoms with Gasteiger partial charge in [-0.1, -0.05) is 39.0 Å². The van der Waals surface area contributed by atoms with Crippen LogP contribution in [0.15, 0.2) is 0 Å². The number of rotatable bonds is 7. The normalized spacial score (nSPS) is 30.6. The summed E-state index contributed by atoms with van der Waals surface area (Å²) < 4.78 is 0. The molecule has 0 aromatic rings. The molecule has 0 aromatic heterocycles. The fourth-order valence-corrected chi connectivity index (χ4v) is 3.03. The Morgan fingerprint density at radius 3 is 1.81 bits per heavy atom. The quantitative estimate of drug-likeness (QED) is 0.688. The topological polar surface area (TPSA) is 12.0 Å². The van der Waals surface area contributed by atoms with Crippen molar-refractivity contribution in [2.45, 2.75) is 64.7 Å². The molecule has 1 nitrogen and oxygen atoms in total. The lowest BCUT2D eigenvalue weighted by molar-refractivity contribution is 0.253. The largest absolute Gasteiger partial charge is 0.316 e. The Labute approximate surface area is 101 Å². The second-order valence-electron chi connectivity index (χ2n) is 6.13. The van der Waals surface area contributed by atoms with Crippen LogP contribution in [-0.4, -0.2) is 13.1 Å². The van der Waals surface area contributed by atoms with Crippen molar-refractivity contribution in [1.82, 2.24) is 5.32 Å². The van der Waals surface area contributed by atoms with E-state index in [0.29, 0.717) is 0 Å². The molecular weight excluding hydrogens is 194 g/mol. The van der Waals surface area contributed by atoms with E-state index in [1.54, 1.807) is 0 Å². The van der Waals surface area contributed by atoms with Crippen LogP contribution in [0.4, 0.5) is 0 Å². The average molecular weight is 223 g/mol. The van der Waals surface area contributed by atoms with E-state index in [-0.39, 0.29) is 0 Å². The highest BCUT2D eigenvalue weighted by molar-refractivity contribution is 4.78. The van der Waals surface area contributed by atoms with Crippen molar-refractivity contribution < 1.29 is 0 Å². The van der Waals surface area contributed by atoms with Gasteiger partial charge in [0.2, 0.25) is 0 Å².